The first-order valence-corrected chi connectivity index (χ1v) is 7.21. The average Bonchev–Trinajstić information content (AvgIpc) is 2.64. The maximum atomic E-state index is 11.8. The van der Waals surface area contributed by atoms with Crippen LogP contribution < -0.4 is 0 Å². The smallest absolute Gasteiger partial charge is 0.326 e. The van der Waals surface area contributed by atoms with Crippen LogP contribution in [0.25, 0.3) is 0 Å². The summed E-state index contributed by atoms with van der Waals surface area (Å²) in [6.45, 7) is 3.33. The number of aliphatic carboxylic acids is 1. The maximum absolute atomic E-state index is 11.8. The highest BCUT2D eigenvalue weighted by Crippen LogP contribution is 2.18. The van der Waals surface area contributed by atoms with Crippen LogP contribution in [0.15, 0.2) is 0 Å². The second-order valence-electron chi connectivity index (χ2n) is 4.44. The lowest BCUT2D eigenvalue weighted by Gasteiger charge is -2.21. The van der Waals surface area contributed by atoms with Crippen LogP contribution in [0.2, 0.25) is 0 Å². The Hall–Kier alpha value is -1.11. The molecular weight excluding hydrogens is 246 g/mol. The number of rotatable bonds is 4. The molecule has 0 bridgehead atoms. The molecule has 0 spiro atoms. The summed E-state index contributed by atoms with van der Waals surface area (Å²) in [6, 6.07) is -0.870. The minimum Gasteiger partial charge on any atom is -0.480 e. The summed E-state index contributed by atoms with van der Waals surface area (Å²) in [4.78, 5) is 23.8. The van der Waals surface area contributed by atoms with E-state index in [-0.39, 0.29) is 0 Å². The number of hydrogen-bond acceptors (Lipinski definition) is 4. The van der Waals surface area contributed by atoms with Gasteiger partial charge in [0.15, 0.2) is 9.84 Å². The zero-order chi connectivity index (χ0) is 13.2. The lowest BCUT2D eigenvalue weighted by atomic mass is 10.2. The van der Waals surface area contributed by atoms with Crippen LogP contribution in [0.1, 0.15) is 26.7 Å². The third-order valence-corrected chi connectivity index (χ3v) is 4.99. The largest absolute Gasteiger partial charge is 0.480 e. The predicted molar refractivity (Wildman–Crippen MR) is 61.3 cm³/mol. The summed E-state index contributed by atoms with van der Waals surface area (Å²) in [6.07, 6.45) is 0.993. The fourth-order valence-corrected chi connectivity index (χ4v) is 2.59. The van der Waals surface area contributed by atoms with E-state index in [1.807, 2.05) is 0 Å². The standard InChI is InChI=1S/C10H17NO5S/c1-7(2)17(15,16)6-9(12)11-5-3-4-8(11)10(13)14/h7-8H,3-6H2,1-2H3,(H,13,14)/t8-/m0/s1. The van der Waals surface area contributed by atoms with Crippen molar-refractivity contribution < 1.29 is 23.1 Å². The highest BCUT2D eigenvalue weighted by molar-refractivity contribution is 7.92. The predicted octanol–water partition coefficient (Wildman–Crippen LogP) is -0.115. The molecular formula is C10H17NO5S. The van der Waals surface area contributed by atoms with Crippen LogP contribution in [-0.4, -0.2) is 53.9 Å². The van der Waals surface area contributed by atoms with E-state index < -0.39 is 38.8 Å². The van der Waals surface area contributed by atoms with E-state index >= 15 is 0 Å². The van der Waals surface area contributed by atoms with Crippen molar-refractivity contribution in [2.24, 2.45) is 0 Å². The summed E-state index contributed by atoms with van der Waals surface area (Å²) in [5, 5.41) is 8.27. The Labute approximate surface area is 101 Å². The Bertz CT molecular complexity index is 414. The Morgan fingerprint density at radius 1 is 1.41 bits per heavy atom. The molecule has 1 saturated heterocycles. The maximum Gasteiger partial charge on any atom is 0.326 e. The van der Waals surface area contributed by atoms with E-state index in [4.69, 9.17) is 5.11 Å². The van der Waals surface area contributed by atoms with Crippen molar-refractivity contribution in [2.75, 3.05) is 12.3 Å². The fraction of sp³-hybridized carbons (Fsp3) is 0.800. The summed E-state index contributed by atoms with van der Waals surface area (Å²) in [5.74, 6) is -2.28. The van der Waals surface area contributed by atoms with Crippen molar-refractivity contribution >= 4 is 21.7 Å². The zero-order valence-electron chi connectivity index (χ0n) is 9.92. The highest BCUT2D eigenvalue weighted by atomic mass is 32.2. The molecule has 1 amide bonds. The number of likely N-dealkylation sites (tertiary alicyclic amines) is 1. The van der Waals surface area contributed by atoms with E-state index in [2.05, 4.69) is 0 Å². The van der Waals surface area contributed by atoms with Gasteiger partial charge in [0, 0.05) is 6.54 Å². The van der Waals surface area contributed by atoms with Gasteiger partial charge in [-0.25, -0.2) is 13.2 Å². The first-order valence-electron chi connectivity index (χ1n) is 5.49. The van der Waals surface area contributed by atoms with Crippen molar-refractivity contribution in [1.29, 1.82) is 0 Å². The number of carboxylic acids is 1. The van der Waals surface area contributed by atoms with Gasteiger partial charge < -0.3 is 10.0 Å². The molecule has 0 radical (unpaired) electrons. The molecule has 0 aromatic carbocycles. The van der Waals surface area contributed by atoms with Crippen LogP contribution in [0.3, 0.4) is 0 Å². The minimum atomic E-state index is -3.47. The topological polar surface area (TPSA) is 91.8 Å². The normalized spacial score (nSPS) is 20.9. The van der Waals surface area contributed by atoms with Gasteiger partial charge in [-0.1, -0.05) is 0 Å². The zero-order valence-corrected chi connectivity index (χ0v) is 10.7. The number of carbonyl (C=O) groups excluding carboxylic acids is 1. The van der Waals surface area contributed by atoms with Gasteiger partial charge in [0.05, 0.1) is 5.25 Å². The van der Waals surface area contributed by atoms with Crippen molar-refractivity contribution in [3.05, 3.63) is 0 Å². The van der Waals surface area contributed by atoms with Gasteiger partial charge in [0.25, 0.3) is 0 Å². The Kier molecular flexibility index (Phi) is 4.13. The number of hydrogen-bond donors (Lipinski definition) is 1. The fourth-order valence-electron chi connectivity index (χ4n) is 1.74. The van der Waals surface area contributed by atoms with Gasteiger partial charge in [-0.15, -0.1) is 0 Å². The number of carbonyl (C=O) groups is 2. The molecule has 17 heavy (non-hydrogen) atoms. The number of nitrogens with zero attached hydrogens (tertiary/aromatic N) is 1. The van der Waals surface area contributed by atoms with Gasteiger partial charge in [0.2, 0.25) is 5.91 Å². The molecule has 0 aliphatic carbocycles. The van der Waals surface area contributed by atoms with E-state index in [9.17, 15) is 18.0 Å². The highest BCUT2D eigenvalue weighted by Gasteiger charge is 2.35. The van der Waals surface area contributed by atoms with E-state index in [0.29, 0.717) is 19.4 Å². The summed E-state index contributed by atoms with van der Waals surface area (Å²) >= 11 is 0. The van der Waals surface area contributed by atoms with Gasteiger partial charge >= 0.3 is 5.97 Å². The third-order valence-electron chi connectivity index (χ3n) is 2.90. The molecule has 1 heterocycles. The third kappa shape index (κ3) is 3.18. The number of amides is 1. The van der Waals surface area contributed by atoms with E-state index in [1.165, 1.54) is 13.8 Å². The summed E-state index contributed by atoms with van der Waals surface area (Å²) in [5.41, 5.74) is 0. The van der Waals surface area contributed by atoms with Crippen LogP contribution in [0.5, 0.6) is 0 Å². The SMILES string of the molecule is CC(C)S(=O)(=O)CC(=O)N1CCC[C@H]1C(=O)O. The van der Waals surface area contributed by atoms with Crippen LogP contribution >= 0.6 is 0 Å². The Morgan fingerprint density at radius 2 is 2.00 bits per heavy atom. The molecule has 0 saturated carbocycles. The molecule has 1 aliphatic rings. The Morgan fingerprint density at radius 3 is 2.47 bits per heavy atom. The van der Waals surface area contributed by atoms with Crippen molar-refractivity contribution in [3.63, 3.8) is 0 Å². The first-order chi connectivity index (χ1) is 7.75. The van der Waals surface area contributed by atoms with E-state index in [0.717, 1.165) is 4.90 Å². The molecule has 0 aromatic rings. The van der Waals surface area contributed by atoms with Crippen LogP contribution in [0.4, 0.5) is 0 Å². The lowest BCUT2D eigenvalue weighted by Crippen LogP contribution is -2.43. The molecule has 7 heteroatoms. The average molecular weight is 263 g/mol. The second kappa shape index (κ2) is 5.03. The molecule has 1 atom stereocenters. The van der Waals surface area contributed by atoms with Gasteiger partial charge in [-0.2, -0.15) is 0 Å². The molecule has 1 aliphatic heterocycles. The molecule has 1 N–H and O–H groups in total. The van der Waals surface area contributed by atoms with Gasteiger partial charge in [-0.3, -0.25) is 4.79 Å². The van der Waals surface area contributed by atoms with E-state index in [1.54, 1.807) is 0 Å². The molecule has 1 fully saturated rings. The molecule has 0 unspecified atom stereocenters. The number of carboxylic acid groups (broad SMARTS) is 1. The lowest BCUT2D eigenvalue weighted by molar-refractivity contribution is -0.147. The van der Waals surface area contributed by atoms with Crippen LogP contribution in [-0.2, 0) is 19.4 Å². The summed E-state index contributed by atoms with van der Waals surface area (Å²) in [7, 11) is -3.47. The first kappa shape index (κ1) is 14.0. The minimum absolute atomic E-state index is 0.323. The van der Waals surface area contributed by atoms with Crippen molar-refractivity contribution in [3.8, 4) is 0 Å². The molecule has 98 valence electrons. The van der Waals surface area contributed by atoms with Crippen molar-refractivity contribution in [2.45, 2.75) is 38.0 Å². The van der Waals surface area contributed by atoms with Gasteiger partial charge in [-0.05, 0) is 26.7 Å². The van der Waals surface area contributed by atoms with Gasteiger partial charge in [0.1, 0.15) is 11.8 Å². The van der Waals surface area contributed by atoms with Crippen molar-refractivity contribution in [1.82, 2.24) is 4.90 Å². The Balaban J connectivity index is 2.75. The molecule has 0 aromatic heterocycles. The quantitative estimate of drug-likeness (QED) is 0.763. The summed E-state index contributed by atoms with van der Waals surface area (Å²) < 4.78 is 23.2. The number of sulfone groups is 1. The van der Waals surface area contributed by atoms with Crippen LogP contribution in [0, 0.1) is 0 Å². The molecule has 6 nitrogen and oxygen atoms in total. The monoisotopic (exact) mass is 263 g/mol. The second-order valence-corrected chi connectivity index (χ2v) is 7.00. The molecule has 1 rings (SSSR count).